The Hall–Kier alpha value is -2.69. The second-order valence-corrected chi connectivity index (χ2v) is 8.79. The molecule has 1 aliphatic heterocycles. The Morgan fingerprint density at radius 3 is 2.24 bits per heavy atom. The van der Waals surface area contributed by atoms with E-state index in [4.69, 9.17) is 9.26 Å². The Bertz CT molecular complexity index is 997. The van der Waals surface area contributed by atoms with Crippen molar-refractivity contribution in [2.75, 3.05) is 18.2 Å². The van der Waals surface area contributed by atoms with Crippen molar-refractivity contribution in [2.45, 2.75) is 27.7 Å². The van der Waals surface area contributed by atoms with E-state index in [-0.39, 0.29) is 18.7 Å². The number of anilines is 1. The van der Waals surface area contributed by atoms with Gasteiger partial charge in [-0.2, -0.15) is 5.10 Å². The molecule has 0 N–H and O–H groups in total. The number of nitrogens with zero attached hydrogens (tertiary/aromatic N) is 2. The van der Waals surface area contributed by atoms with Gasteiger partial charge in [-0.3, -0.25) is 4.57 Å². The first-order chi connectivity index (χ1) is 13.9. The third-order valence-electron chi connectivity index (χ3n) is 4.52. The summed E-state index contributed by atoms with van der Waals surface area (Å²) in [5.74, 6) is -0.734. The lowest BCUT2D eigenvalue weighted by molar-refractivity contribution is -0.134. The van der Waals surface area contributed by atoms with Gasteiger partial charge in [-0.1, -0.05) is 48.0 Å². The molecule has 1 heterocycles. The standard InChI is InChI=1S/C22H25N2O4P/c1-5-27-22(25)21-23-24(19-14-12-16(3)13-15-19)17(4)20(29(21,26)28-6-2)18-10-8-7-9-11-18/h7-15H,5-6H2,1-4H3. The Labute approximate surface area is 171 Å². The Kier molecular flexibility index (Phi) is 6.36. The fourth-order valence-electron chi connectivity index (χ4n) is 3.22. The van der Waals surface area contributed by atoms with Crippen LogP contribution in [0.3, 0.4) is 0 Å². The molecule has 0 radical (unpaired) electrons. The molecule has 1 aliphatic rings. The van der Waals surface area contributed by atoms with E-state index in [2.05, 4.69) is 5.10 Å². The number of hydrazone groups is 1. The lowest BCUT2D eigenvalue weighted by Gasteiger charge is -2.33. The zero-order valence-electron chi connectivity index (χ0n) is 17.1. The van der Waals surface area contributed by atoms with Crippen molar-refractivity contribution in [2.24, 2.45) is 5.10 Å². The minimum Gasteiger partial charge on any atom is -0.461 e. The Morgan fingerprint density at radius 1 is 1.00 bits per heavy atom. The molecule has 0 saturated heterocycles. The number of carbonyl (C=O) groups excluding carboxylic acids is 1. The third kappa shape index (κ3) is 4.04. The summed E-state index contributed by atoms with van der Waals surface area (Å²) in [6.45, 7) is 7.59. The number of hydrogen-bond donors (Lipinski definition) is 0. The largest absolute Gasteiger partial charge is 0.461 e. The van der Waals surface area contributed by atoms with Crippen LogP contribution in [0.5, 0.6) is 0 Å². The summed E-state index contributed by atoms with van der Waals surface area (Å²) in [4.78, 5) is 12.7. The summed E-state index contributed by atoms with van der Waals surface area (Å²) in [5.41, 5.74) is 3.02. The topological polar surface area (TPSA) is 68.2 Å². The van der Waals surface area contributed by atoms with Crippen molar-refractivity contribution >= 4 is 29.8 Å². The van der Waals surface area contributed by atoms with Gasteiger partial charge in [0.05, 0.1) is 29.9 Å². The molecular formula is C22H25N2O4P. The number of allylic oxidation sites excluding steroid dienone is 1. The van der Waals surface area contributed by atoms with Crippen LogP contribution in [0.15, 0.2) is 65.4 Å². The predicted molar refractivity (Wildman–Crippen MR) is 116 cm³/mol. The summed E-state index contributed by atoms with van der Waals surface area (Å²) < 4.78 is 25.0. The summed E-state index contributed by atoms with van der Waals surface area (Å²) >= 11 is 0. The zero-order valence-corrected chi connectivity index (χ0v) is 18.0. The maximum Gasteiger partial charge on any atom is 0.365 e. The van der Waals surface area contributed by atoms with Gasteiger partial charge in [-0.25, -0.2) is 9.80 Å². The van der Waals surface area contributed by atoms with Gasteiger partial charge < -0.3 is 9.26 Å². The molecule has 29 heavy (non-hydrogen) atoms. The van der Waals surface area contributed by atoms with E-state index >= 15 is 0 Å². The molecule has 0 saturated carbocycles. The molecule has 0 amide bonds. The second kappa shape index (κ2) is 8.76. The molecular weight excluding hydrogens is 387 g/mol. The van der Waals surface area contributed by atoms with Crippen LogP contribution in [0.1, 0.15) is 31.9 Å². The monoisotopic (exact) mass is 412 g/mol. The van der Waals surface area contributed by atoms with Gasteiger partial charge in [0.15, 0.2) is 0 Å². The first-order valence-corrected chi connectivity index (χ1v) is 11.2. The molecule has 3 rings (SSSR count). The molecule has 2 aromatic carbocycles. The molecule has 0 bridgehead atoms. The fourth-order valence-corrected chi connectivity index (χ4v) is 5.57. The highest BCUT2D eigenvalue weighted by Gasteiger charge is 2.46. The van der Waals surface area contributed by atoms with Crippen LogP contribution in [-0.4, -0.2) is 24.6 Å². The van der Waals surface area contributed by atoms with E-state index in [0.717, 1.165) is 16.8 Å². The van der Waals surface area contributed by atoms with Gasteiger partial charge in [-0.05, 0) is 45.4 Å². The number of benzene rings is 2. The summed E-state index contributed by atoms with van der Waals surface area (Å²) in [7, 11) is -3.75. The van der Waals surface area contributed by atoms with E-state index in [0.29, 0.717) is 11.0 Å². The highest BCUT2D eigenvalue weighted by molar-refractivity contribution is 7.88. The highest BCUT2D eigenvalue weighted by atomic mass is 31.2. The van der Waals surface area contributed by atoms with E-state index in [1.54, 1.807) is 18.9 Å². The van der Waals surface area contributed by atoms with Crippen LogP contribution in [0, 0.1) is 6.92 Å². The summed E-state index contributed by atoms with van der Waals surface area (Å²) in [6.07, 6.45) is 0. The zero-order chi connectivity index (χ0) is 21.0. The lowest BCUT2D eigenvalue weighted by atomic mass is 10.1. The number of aryl methyl sites for hydroxylation is 1. The van der Waals surface area contributed by atoms with Crippen LogP contribution in [0.4, 0.5) is 5.69 Å². The lowest BCUT2D eigenvalue weighted by Crippen LogP contribution is -2.30. The quantitative estimate of drug-likeness (QED) is 0.470. The van der Waals surface area contributed by atoms with Crippen molar-refractivity contribution in [3.8, 4) is 0 Å². The van der Waals surface area contributed by atoms with Crippen molar-refractivity contribution in [3.05, 3.63) is 71.4 Å². The van der Waals surface area contributed by atoms with Crippen LogP contribution >= 0.6 is 7.37 Å². The third-order valence-corrected chi connectivity index (χ3v) is 7.15. The van der Waals surface area contributed by atoms with Crippen LogP contribution in [0.2, 0.25) is 0 Å². The van der Waals surface area contributed by atoms with E-state index < -0.39 is 13.3 Å². The molecule has 152 valence electrons. The number of esters is 1. The highest BCUT2D eigenvalue weighted by Crippen LogP contribution is 2.64. The van der Waals surface area contributed by atoms with Crippen molar-refractivity contribution in [1.29, 1.82) is 0 Å². The van der Waals surface area contributed by atoms with Gasteiger partial charge in [0.25, 0.3) is 7.37 Å². The minimum atomic E-state index is -3.75. The van der Waals surface area contributed by atoms with Gasteiger partial charge in [-0.15, -0.1) is 0 Å². The molecule has 0 aromatic heterocycles. The molecule has 1 atom stereocenters. The average Bonchev–Trinajstić information content (AvgIpc) is 2.70. The Balaban J connectivity index is 2.27. The van der Waals surface area contributed by atoms with Crippen LogP contribution in [-0.2, 0) is 18.6 Å². The summed E-state index contributed by atoms with van der Waals surface area (Å²) in [6, 6.07) is 17.0. The van der Waals surface area contributed by atoms with Gasteiger partial charge in [0, 0.05) is 0 Å². The summed E-state index contributed by atoms with van der Waals surface area (Å²) in [5, 5.41) is 6.54. The molecule has 0 fully saturated rings. The number of hydrogen-bond acceptors (Lipinski definition) is 6. The maximum absolute atomic E-state index is 14.1. The Morgan fingerprint density at radius 2 is 1.66 bits per heavy atom. The maximum atomic E-state index is 14.1. The number of ether oxygens (including phenoxy) is 1. The number of rotatable bonds is 6. The SMILES string of the molecule is CCOC(=O)C1=NN(c2ccc(C)cc2)C(C)=C(c2ccccc2)P1(=O)OCC. The fraction of sp³-hybridized carbons (Fsp3) is 0.273. The first kappa shape index (κ1) is 21.0. The second-order valence-electron chi connectivity index (χ2n) is 6.56. The van der Waals surface area contributed by atoms with Crippen LogP contribution in [0.25, 0.3) is 5.31 Å². The molecule has 0 spiro atoms. The first-order valence-electron chi connectivity index (χ1n) is 9.57. The van der Waals surface area contributed by atoms with Crippen molar-refractivity contribution in [1.82, 2.24) is 0 Å². The smallest absolute Gasteiger partial charge is 0.365 e. The van der Waals surface area contributed by atoms with Gasteiger partial charge in [0.1, 0.15) is 0 Å². The minimum absolute atomic E-state index is 0.151. The molecule has 7 heteroatoms. The van der Waals surface area contributed by atoms with Gasteiger partial charge >= 0.3 is 5.97 Å². The van der Waals surface area contributed by atoms with Gasteiger partial charge in [0.2, 0.25) is 5.45 Å². The van der Waals surface area contributed by atoms with E-state index in [1.165, 1.54) is 0 Å². The van der Waals surface area contributed by atoms with E-state index in [1.807, 2.05) is 68.4 Å². The number of carbonyl (C=O) groups is 1. The van der Waals surface area contributed by atoms with E-state index in [9.17, 15) is 9.36 Å². The molecule has 2 aromatic rings. The van der Waals surface area contributed by atoms with Crippen molar-refractivity contribution in [3.63, 3.8) is 0 Å². The normalized spacial score (nSPS) is 19.2. The molecule has 1 unspecified atom stereocenters. The van der Waals surface area contributed by atoms with Crippen molar-refractivity contribution < 1.29 is 18.6 Å². The average molecular weight is 412 g/mol. The molecule has 6 nitrogen and oxygen atoms in total. The molecule has 0 aliphatic carbocycles. The predicted octanol–water partition coefficient (Wildman–Crippen LogP) is 5.39. The van der Waals surface area contributed by atoms with Crippen LogP contribution < -0.4 is 5.01 Å².